The van der Waals surface area contributed by atoms with Gasteiger partial charge in [-0.15, -0.1) is 0 Å². The van der Waals surface area contributed by atoms with Gasteiger partial charge in [-0.25, -0.2) is 14.0 Å². The van der Waals surface area contributed by atoms with Crippen LogP contribution in [-0.2, 0) is 14.3 Å². The minimum atomic E-state index is -4.68. The molecule has 0 aromatic heterocycles. The third-order valence-electron chi connectivity index (χ3n) is 7.84. The van der Waals surface area contributed by atoms with Crippen molar-refractivity contribution in [3.63, 3.8) is 0 Å². The van der Waals surface area contributed by atoms with E-state index in [-0.39, 0.29) is 37.3 Å². The number of carbonyl (C=O) groups excluding carboxylic acids is 4. The van der Waals surface area contributed by atoms with Crippen molar-refractivity contribution in [2.24, 2.45) is 5.92 Å². The van der Waals surface area contributed by atoms with Crippen LogP contribution in [0.5, 0.6) is 0 Å². The Morgan fingerprint density at radius 2 is 1.82 bits per heavy atom. The molecule has 39 heavy (non-hydrogen) atoms. The van der Waals surface area contributed by atoms with Gasteiger partial charge in [-0.05, 0) is 55.0 Å². The summed E-state index contributed by atoms with van der Waals surface area (Å²) >= 11 is 0. The monoisotopic (exact) mass is 550 g/mol. The van der Waals surface area contributed by atoms with E-state index >= 15 is 0 Å². The number of benzene rings is 1. The van der Waals surface area contributed by atoms with Gasteiger partial charge >= 0.3 is 18.3 Å². The first-order valence-corrected chi connectivity index (χ1v) is 12.5. The van der Waals surface area contributed by atoms with Crippen LogP contribution in [0.2, 0.25) is 0 Å². The number of allylic oxidation sites excluding steroid dienone is 3. The highest BCUT2D eigenvalue weighted by molar-refractivity contribution is 6.03. The van der Waals surface area contributed by atoms with E-state index in [0.717, 1.165) is 21.9 Å². The van der Waals surface area contributed by atoms with Gasteiger partial charge in [0, 0.05) is 13.0 Å². The molecule has 4 amide bonds. The molecule has 2 saturated heterocycles. The first kappa shape index (κ1) is 26.7. The second-order valence-electron chi connectivity index (χ2n) is 10.1. The second kappa shape index (κ2) is 9.69. The third-order valence-corrected chi connectivity index (χ3v) is 7.84. The molecular weight excluding hydrogens is 524 g/mol. The van der Waals surface area contributed by atoms with E-state index in [9.17, 15) is 36.7 Å². The Balaban J connectivity index is 1.36. The molecule has 3 fully saturated rings. The van der Waals surface area contributed by atoms with Gasteiger partial charge in [-0.3, -0.25) is 14.5 Å². The lowest BCUT2D eigenvalue weighted by Crippen LogP contribution is -2.49. The molecule has 0 radical (unpaired) electrons. The molecule has 208 valence electrons. The minimum Gasteiger partial charge on any atom is -0.436 e. The summed E-state index contributed by atoms with van der Waals surface area (Å²) in [6.45, 7) is -0.749. The average molecular weight is 551 g/mol. The van der Waals surface area contributed by atoms with E-state index in [0.29, 0.717) is 17.6 Å². The zero-order chi connectivity index (χ0) is 28.1. The summed E-state index contributed by atoms with van der Waals surface area (Å²) in [5, 5.41) is 4.82. The molecule has 1 spiro atoms. The largest absolute Gasteiger partial charge is 0.436 e. The zero-order valence-corrected chi connectivity index (χ0v) is 20.9. The fourth-order valence-electron chi connectivity index (χ4n) is 6.04. The van der Waals surface area contributed by atoms with Gasteiger partial charge in [0.1, 0.15) is 18.4 Å². The van der Waals surface area contributed by atoms with Crippen molar-refractivity contribution in [2.75, 3.05) is 20.1 Å². The highest BCUT2D eigenvalue weighted by Crippen LogP contribution is 2.49. The van der Waals surface area contributed by atoms with Crippen molar-refractivity contribution in [1.82, 2.24) is 20.4 Å². The normalized spacial score (nSPS) is 28.3. The number of urea groups is 1. The molecule has 0 bridgehead atoms. The van der Waals surface area contributed by atoms with Crippen LogP contribution < -0.4 is 10.6 Å². The van der Waals surface area contributed by atoms with Crippen LogP contribution in [0, 0.1) is 11.7 Å². The summed E-state index contributed by atoms with van der Waals surface area (Å²) in [4.78, 5) is 52.6. The molecule has 13 heteroatoms. The number of fused-ring (bicyclic) bond motifs is 2. The van der Waals surface area contributed by atoms with E-state index in [2.05, 4.69) is 10.6 Å². The van der Waals surface area contributed by atoms with Crippen LogP contribution in [0.3, 0.4) is 0 Å². The van der Waals surface area contributed by atoms with Crippen molar-refractivity contribution in [3.05, 3.63) is 59.1 Å². The van der Waals surface area contributed by atoms with Crippen molar-refractivity contribution in [1.29, 1.82) is 0 Å². The van der Waals surface area contributed by atoms with Gasteiger partial charge in [-0.2, -0.15) is 13.2 Å². The minimum absolute atomic E-state index is 0.0331. The van der Waals surface area contributed by atoms with Crippen LogP contribution >= 0.6 is 0 Å². The van der Waals surface area contributed by atoms with Crippen LogP contribution in [0.15, 0.2) is 47.7 Å². The number of Topliss-reactive ketones (excluding diaryl/α,β-unsaturated/α-hetero) is 1. The Hall–Kier alpha value is -3.90. The molecule has 2 heterocycles. The highest BCUT2D eigenvalue weighted by Gasteiger charge is 2.57. The number of nitrogens with one attached hydrogen (secondary N) is 2. The maximum absolute atomic E-state index is 13.9. The maximum atomic E-state index is 13.9. The zero-order valence-electron chi connectivity index (χ0n) is 20.9. The Kier molecular flexibility index (Phi) is 6.63. The number of ether oxygens (including phenoxy) is 1. The Labute approximate surface area is 220 Å². The summed E-state index contributed by atoms with van der Waals surface area (Å²) in [7, 11) is 1.41. The molecule has 1 aromatic rings. The number of ketones is 1. The third kappa shape index (κ3) is 4.74. The number of hydrogen-bond acceptors (Lipinski definition) is 5. The molecule has 1 unspecified atom stereocenters. The second-order valence-corrected chi connectivity index (χ2v) is 10.1. The predicted octanol–water partition coefficient (Wildman–Crippen LogP) is 3.34. The fraction of sp³-hybridized carbons (Fsp3) is 0.462. The van der Waals surface area contributed by atoms with Crippen LogP contribution in [0.1, 0.15) is 37.3 Å². The summed E-state index contributed by atoms with van der Waals surface area (Å²) in [6.07, 6.45) is -2.20. The van der Waals surface area contributed by atoms with Crippen molar-refractivity contribution in [3.8, 4) is 0 Å². The molecule has 1 aromatic carbocycles. The smallest absolute Gasteiger partial charge is 0.411 e. The quantitative estimate of drug-likeness (QED) is 0.560. The molecule has 4 aliphatic rings. The number of likely N-dealkylation sites (tertiary alicyclic amines) is 1. The molecule has 9 nitrogen and oxygen atoms in total. The van der Waals surface area contributed by atoms with Gasteiger partial charge in [0.2, 0.25) is 5.91 Å². The topological polar surface area (TPSA) is 108 Å². The van der Waals surface area contributed by atoms with Crippen LogP contribution in [-0.4, -0.2) is 71.6 Å². The molecule has 2 N–H and O–H groups in total. The van der Waals surface area contributed by atoms with Crippen molar-refractivity contribution >= 4 is 23.8 Å². The Morgan fingerprint density at radius 1 is 1.10 bits per heavy atom. The Morgan fingerprint density at radius 3 is 2.49 bits per heavy atom. The Bertz CT molecular complexity index is 1280. The molecule has 4 atom stereocenters. The predicted molar refractivity (Wildman–Crippen MR) is 127 cm³/mol. The SMILES string of the molecule is CNC(=O)NC1=CC=C2C(CC[C@]23CN(CC(=O)N2[C@H](c4ccc(F)cc4)CC[C@@H]2C(F)(F)F)C(=O)O3)C1=O. The highest BCUT2D eigenvalue weighted by atomic mass is 19.4. The van der Waals surface area contributed by atoms with E-state index < -0.39 is 60.2 Å². The molecular formula is C26H26F4N4O5. The maximum Gasteiger partial charge on any atom is 0.411 e. The van der Waals surface area contributed by atoms with Crippen LogP contribution in [0.25, 0.3) is 0 Å². The number of hydrogen-bond donors (Lipinski definition) is 2. The first-order valence-electron chi connectivity index (χ1n) is 12.5. The lowest BCUT2D eigenvalue weighted by molar-refractivity contribution is -0.186. The summed E-state index contributed by atoms with van der Waals surface area (Å²) < 4.78 is 60.7. The van der Waals surface area contributed by atoms with Crippen molar-refractivity contribution < 1.29 is 41.5 Å². The van der Waals surface area contributed by atoms with E-state index in [1.165, 1.54) is 25.3 Å². The van der Waals surface area contributed by atoms with Gasteiger partial charge in [-0.1, -0.05) is 18.2 Å². The lowest BCUT2D eigenvalue weighted by atomic mass is 9.85. The van der Waals surface area contributed by atoms with Gasteiger partial charge in [0.15, 0.2) is 11.4 Å². The van der Waals surface area contributed by atoms with E-state index in [1.54, 1.807) is 6.08 Å². The molecule has 5 rings (SSSR count). The fourth-order valence-corrected chi connectivity index (χ4v) is 6.04. The van der Waals surface area contributed by atoms with Gasteiger partial charge in [0.05, 0.1) is 18.3 Å². The van der Waals surface area contributed by atoms with Gasteiger partial charge < -0.3 is 20.3 Å². The summed E-state index contributed by atoms with van der Waals surface area (Å²) in [6, 6.07) is 1.42. The number of rotatable bonds is 4. The average Bonchev–Trinajstić information content (AvgIpc) is 3.57. The summed E-state index contributed by atoms with van der Waals surface area (Å²) in [5.41, 5.74) is -0.209. The van der Waals surface area contributed by atoms with E-state index in [4.69, 9.17) is 4.74 Å². The molecule has 2 aliphatic carbocycles. The van der Waals surface area contributed by atoms with Crippen LogP contribution in [0.4, 0.5) is 27.2 Å². The number of alkyl halides is 3. The number of amides is 4. The van der Waals surface area contributed by atoms with Gasteiger partial charge in [0.25, 0.3) is 0 Å². The van der Waals surface area contributed by atoms with E-state index in [1.807, 2.05) is 0 Å². The molecule has 1 saturated carbocycles. The number of nitrogens with zero attached hydrogens (tertiary/aromatic N) is 2. The first-order chi connectivity index (χ1) is 18.4. The lowest BCUT2D eigenvalue weighted by Gasteiger charge is -2.33. The number of carbonyl (C=O) groups is 4. The molecule has 2 aliphatic heterocycles. The summed E-state index contributed by atoms with van der Waals surface area (Å²) in [5.74, 6) is -2.44. The van der Waals surface area contributed by atoms with Crippen molar-refractivity contribution in [2.45, 2.75) is 49.5 Å². The number of halogens is 4. The standard InChI is InChI=1S/C26H26F4N4O5/c1-31-23(37)32-18-7-6-17-16(22(18)36)10-11-25(17)13-33(24(38)39-25)12-21(35)34-19(8-9-20(34)26(28,29)30)14-2-4-15(27)5-3-14/h2-7,16,19-20H,8-13H2,1H3,(H2,31,32,37)/t16?,19-,20+,25-/m0/s1.